The molecule has 0 radical (unpaired) electrons. The minimum atomic E-state index is -1.20. The number of nitro benzene ring substituents is 1. The highest BCUT2D eigenvalue weighted by molar-refractivity contribution is 9.10. The summed E-state index contributed by atoms with van der Waals surface area (Å²) < 4.78 is 14.7. The van der Waals surface area contributed by atoms with Crippen LogP contribution in [0.25, 0.3) is 0 Å². The van der Waals surface area contributed by atoms with E-state index in [2.05, 4.69) is 15.9 Å². The fourth-order valence-electron chi connectivity index (χ4n) is 2.60. The van der Waals surface area contributed by atoms with E-state index in [-0.39, 0.29) is 29.8 Å². The number of aliphatic hydroxyl groups excluding tert-OH is 1. The van der Waals surface area contributed by atoms with Crippen LogP contribution in [0.5, 0.6) is 0 Å². The van der Waals surface area contributed by atoms with Gasteiger partial charge in [0.2, 0.25) is 0 Å². The largest absolute Gasteiger partial charge is 0.465 e. The zero-order valence-electron chi connectivity index (χ0n) is 12.1. The number of hydrogen-bond acceptors (Lipinski definition) is 6. The molecule has 1 aromatic carbocycles. The second kappa shape index (κ2) is 6.98. The monoisotopic (exact) mass is 402 g/mol. The van der Waals surface area contributed by atoms with Crippen LogP contribution in [0.3, 0.4) is 0 Å². The Bertz CT molecular complexity index is 738. The fourth-order valence-corrected chi connectivity index (χ4v) is 3.24. The first-order chi connectivity index (χ1) is 11.3. The van der Waals surface area contributed by atoms with Gasteiger partial charge in [-0.1, -0.05) is 0 Å². The zero-order valence-corrected chi connectivity index (χ0v) is 13.7. The normalized spacial score (nSPS) is 17.5. The van der Waals surface area contributed by atoms with E-state index in [0.29, 0.717) is 0 Å². The van der Waals surface area contributed by atoms with Crippen molar-refractivity contribution in [1.82, 2.24) is 4.90 Å². The average molecular weight is 403 g/mol. The maximum Gasteiger partial charge on any atom is 0.407 e. The molecule has 1 fully saturated rings. The molecule has 1 aromatic rings. The lowest BCUT2D eigenvalue weighted by Gasteiger charge is -2.40. The molecule has 2 rings (SSSR count). The van der Waals surface area contributed by atoms with Gasteiger partial charge in [0.15, 0.2) is 11.4 Å². The van der Waals surface area contributed by atoms with Gasteiger partial charge in [-0.25, -0.2) is 9.18 Å². The number of nitrogens with zero attached hydrogens (tertiary/aromatic N) is 4. The van der Waals surface area contributed by atoms with Gasteiger partial charge in [0.1, 0.15) is 6.07 Å². The first kappa shape index (κ1) is 17.9. The molecule has 2 N–H and O–H groups in total. The number of anilines is 1. The highest BCUT2D eigenvalue weighted by Gasteiger charge is 2.34. The number of nitro groups is 1. The molecule has 24 heavy (non-hydrogen) atoms. The van der Waals surface area contributed by atoms with Crippen molar-refractivity contribution in [3.63, 3.8) is 0 Å². The third kappa shape index (κ3) is 3.10. The highest BCUT2D eigenvalue weighted by atomic mass is 79.9. The second-order valence-corrected chi connectivity index (χ2v) is 5.90. The number of amides is 1. The van der Waals surface area contributed by atoms with E-state index in [4.69, 9.17) is 10.4 Å². The van der Waals surface area contributed by atoms with Crippen LogP contribution < -0.4 is 4.90 Å². The average Bonchev–Trinajstić information content (AvgIpc) is 2.53. The van der Waals surface area contributed by atoms with Gasteiger partial charge < -0.3 is 15.1 Å². The minimum absolute atomic E-state index is 0.0129. The Labute approximate surface area is 143 Å². The third-order valence-electron chi connectivity index (χ3n) is 3.74. The van der Waals surface area contributed by atoms with E-state index in [1.54, 1.807) is 0 Å². The topological polar surface area (TPSA) is 131 Å². The molecule has 1 aliphatic heterocycles. The van der Waals surface area contributed by atoms with E-state index in [0.717, 1.165) is 11.0 Å². The lowest BCUT2D eigenvalue weighted by Crippen LogP contribution is -2.56. The van der Waals surface area contributed by atoms with Crippen LogP contribution >= 0.6 is 15.9 Å². The number of hydrogen-bond donors (Lipinski definition) is 2. The predicted molar refractivity (Wildman–Crippen MR) is 83.3 cm³/mol. The van der Waals surface area contributed by atoms with Crippen molar-refractivity contribution in [3.05, 3.63) is 32.0 Å². The smallest absolute Gasteiger partial charge is 0.407 e. The molecule has 9 nitrogen and oxygen atoms in total. The summed E-state index contributed by atoms with van der Waals surface area (Å²) in [6.07, 6.45) is -1.20. The molecular weight excluding hydrogens is 391 g/mol. The molecule has 11 heteroatoms. The van der Waals surface area contributed by atoms with Crippen molar-refractivity contribution < 1.29 is 24.3 Å². The van der Waals surface area contributed by atoms with Gasteiger partial charge in [0.25, 0.3) is 5.69 Å². The summed E-state index contributed by atoms with van der Waals surface area (Å²) in [5.41, 5.74) is -1.42. The molecule has 0 spiro atoms. The van der Waals surface area contributed by atoms with Gasteiger partial charge in [-0.3, -0.25) is 15.0 Å². The molecule has 1 amide bonds. The van der Waals surface area contributed by atoms with E-state index in [9.17, 15) is 24.4 Å². The summed E-state index contributed by atoms with van der Waals surface area (Å²) in [4.78, 5) is 23.7. The van der Waals surface area contributed by atoms with Gasteiger partial charge in [-0.15, -0.1) is 0 Å². The molecule has 128 valence electrons. The number of carboxylic acid groups (broad SMARTS) is 1. The number of halogens is 2. The summed E-state index contributed by atoms with van der Waals surface area (Å²) in [5, 5.41) is 38.4. The number of carbonyl (C=O) groups is 1. The molecule has 1 unspecified atom stereocenters. The van der Waals surface area contributed by atoms with Gasteiger partial charge in [0, 0.05) is 25.7 Å². The van der Waals surface area contributed by atoms with Gasteiger partial charge >= 0.3 is 6.09 Å². The van der Waals surface area contributed by atoms with Crippen LogP contribution in [-0.4, -0.2) is 58.4 Å². The molecule has 0 bridgehead atoms. The summed E-state index contributed by atoms with van der Waals surface area (Å²) in [6.45, 7) is -0.340. The van der Waals surface area contributed by atoms with Crippen LogP contribution in [0.4, 0.5) is 20.6 Å². The summed E-state index contributed by atoms with van der Waals surface area (Å²) in [6, 6.07) is 1.75. The SMILES string of the molecule is N#Cc1c([N+](=O)[O-])cc(Br)c(N2CCN(C(=O)O)C(CO)C2)c1F. The lowest BCUT2D eigenvalue weighted by atomic mass is 10.1. The van der Waals surface area contributed by atoms with Gasteiger partial charge in [-0.05, 0) is 15.9 Å². The summed E-state index contributed by atoms with van der Waals surface area (Å²) in [5.74, 6) is -1.06. The van der Waals surface area contributed by atoms with Crippen LogP contribution in [-0.2, 0) is 0 Å². The van der Waals surface area contributed by atoms with Crippen molar-refractivity contribution in [3.8, 4) is 6.07 Å². The third-order valence-corrected chi connectivity index (χ3v) is 4.34. The first-order valence-corrected chi connectivity index (χ1v) is 7.53. The van der Waals surface area contributed by atoms with Crippen molar-refractivity contribution in [1.29, 1.82) is 5.26 Å². The maximum absolute atomic E-state index is 14.6. The summed E-state index contributed by atoms with van der Waals surface area (Å²) in [7, 11) is 0. The maximum atomic E-state index is 14.6. The molecule has 1 atom stereocenters. The van der Waals surface area contributed by atoms with Gasteiger partial charge in [-0.2, -0.15) is 5.26 Å². The van der Waals surface area contributed by atoms with Crippen molar-refractivity contribution in [2.45, 2.75) is 6.04 Å². The van der Waals surface area contributed by atoms with E-state index >= 15 is 0 Å². The van der Waals surface area contributed by atoms with Crippen molar-refractivity contribution >= 4 is 33.4 Å². The molecule has 1 saturated heterocycles. The van der Waals surface area contributed by atoms with Crippen LogP contribution in [0.1, 0.15) is 5.56 Å². The number of aliphatic hydroxyl groups is 1. The fraction of sp³-hybridized carbons (Fsp3) is 0.385. The Hall–Kier alpha value is -2.45. The number of piperazine rings is 1. The molecule has 0 aliphatic carbocycles. The van der Waals surface area contributed by atoms with E-state index in [1.165, 1.54) is 11.0 Å². The Morgan fingerprint density at radius 3 is 2.75 bits per heavy atom. The van der Waals surface area contributed by atoms with E-state index in [1.807, 2.05) is 0 Å². The molecular formula is C13H12BrFN4O5. The molecule has 1 heterocycles. The standard InChI is InChI=1S/C13H12BrFN4O5/c14-9-3-10(19(23)24)8(4-16)11(15)12(9)17-1-2-18(13(21)22)7(5-17)6-20/h3,7,20H,1-2,5-6H2,(H,21,22). The molecule has 0 aromatic heterocycles. The molecule has 1 aliphatic rings. The first-order valence-electron chi connectivity index (χ1n) is 6.73. The zero-order chi connectivity index (χ0) is 18.0. The Kier molecular flexibility index (Phi) is 5.20. The predicted octanol–water partition coefficient (Wildman–Crippen LogP) is 1.53. The minimum Gasteiger partial charge on any atom is -0.465 e. The van der Waals surface area contributed by atoms with Crippen molar-refractivity contribution in [2.24, 2.45) is 0 Å². The number of rotatable bonds is 3. The van der Waals surface area contributed by atoms with Gasteiger partial charge in [0.05, 0.1) is 27.7 Å². The van der Waals surface area contributed by atoms with Crippen LogP contribution in [0.15, 0.2) is 10.5 Å². The number of nitriles is 1. The Morgan fingerprint density at radius 2 is 2.25 bits per heavy atom. The quantitative estimate of drug-likeness (QED) is 0.578. The summed E-state index contributed by atoms with van der Waals surface area (Å²) >= 11 is 3.06. The van der Waals surface area contributed by atoms with Crippen LogP contribution in [0.2, 0.25) is 0 Å². The second-order valence-electron chi connectivity index (χ2n) is 5.04. The number of benzene rings is 1. The Balaban J connectivity index is 2.45. The lowest BCUT2D eigenvalue weighted by molar-refractivity contribution is -0.385. The molecule has 0 saturated carbocycles. The van der Waals surface area contributed by atoms with Crippen molar-refractivity contribution in [2.75, 3.05) is 31.1 Å². The van der Waals surface area contributed by atoms with E-state index < -0.39 is 40.7 Å². The Morgan fingerprint density at radius 1 is 1.58 bits per heavy atom. The highest BCUT2D eigenvalue weighted by Crippen LogP contribution is 2.37. The van der Waals surface area contributed by atoms with Crippen LogP contribution in [0, 0.1) is 27.3 Å².